The van der Waals surface area contributed by atoms with Crippen molar-refractivity contribution in [1.29, 1.82) is 0 Å². The summed E-state index contributed by atoms with van der Waals surface area (Å²) in [4.78, 5) is 47.6. The molecule has 0 unspecified atom stereocenters. The molecule has 0 N–H and O–H groups in total. The zero-order valence-corrected chi connectivity index (χ0v) is 11.9. The first-order chi connectivity index (χ1) is 10.6. The number of benzene rings is 1. The van der Waals surface area contributed by atoms with Crippen molar-refractivity contribution in [3.8, 4) is 11.5 Å². The maximum atomic E-state index is 11.4. The minimum Gasteiger partial charge on any atom is -0.393 e. The molecular weight excluding hydrogens is 318 g/mol. The number of hydroxylamine groups is 2. The first kappa shape index (κ1) is 23.4. The summed E-state index contributed by atoms with van der Waals surface area (Å²) in [5, 5.41) is 0.407. The SMILES string of the molecule is C.C.C=C.COOc1ccc(OC(=O)ON2C(=O)CCC2=O)cc1. The molecule has 1 aliphatic rings. The Labute approximate surface area is 141 Å². The minimum absolute atomic E-state index is 0. The molecule has 2 amide bonds. The van der Waals surface area contributed by atoms with Gasteiger partial charge in [0.25, 0.3) is 11.8 Å². The summed E-state index contributed by atoms with van der Waals surface area (Å²) in [6, 6.07) is 5.86. The third-order valence-electron chi connectivity index (χ3n) is 2.38. The van der Waals surface area contributed by atoms with Gasteiger partial charge < -0.3 is 9.62 Å². The summed E-state index contributed by atoms with van der Waals surface area (Å²) in [6.45, 7) is 6.00. The van der Waals surface area contributed by atoms with E-state index >= 15 is 0 Å². The average molecular weight is 341 g/mol. The normalized spacial score (nSPS) is 12.1. The van der Waals surface area contributed by atoms with Crippen molar-refractivity contribution in [2.45, 2.75) is 27.7 Å². The van der Waals surface area contributed by atoms with Gasteiger partial charge in [-0.05, 0) is 24.3 Å². The minimum atomic E-state index is -1.17. The van der Waals surface area contributed by atoms with Crippen LogP contribution in [0.15, 0.2) is 37.4 Å². The summed E-state index contributed by atoms with van der Waals surface area (Å²) < 4.78 is 4.80. The predicted octanol–water partition coefficient (Wildman–Crippen LogP) is 3.28. The van der Waals surface area contributed by atoms with Gasteiger partial charge in [-0.2, -0.15) is 4.89 Å². The van der Waals surface area contributed by atoms with E-state index in [1.165, 1.54) is 31.4 Å². The van der Waals surface area contributed by atoms with Crippen LogP contribution in [-0.2, 0) is 19.3 Å². The van der Waals surface area contributed by atoms with Gasteiger partial charge >= 0.3 is 6.16 Å². The van der Waals surface area contributed by atoms with Crippen molar-refractivity contribution in [2.75, 3.05) is 7.11 Å². The number of amides is 2. The number of hydrogen-bond donors (Lipinski definition) is 0. The van der Waals surface area contributed by atoms with Crippen LogP contribution in [0, 0.1) is 0 Å². The Morgan fingerprint density at radius 2 is 1.46 bits per heavy atom. The van der Waals surface area contributed by atoms with Crippen LogP contribution in [0.25, 0.3) is 0 Å². The van der Waals surface area contributed by atoms with Crippen molar-refractivity contribution in [3.63, 3.8) is 0 Å². The topological polar surface area (TPSA) is 91.4 Å². The van der Waals surface area contributed by atoms with Gasteiger partial charge in [0.1, 0.15) is 5.75 Å². The number of ether oxygens (including phenoxy) is 1. The molecule has 0 spiro atoms. The Morgan fingerprint density at radius 1 is 1.00 bits per heavy atom. The molecule has 8 nitrogen and oxygen atoms in total. The van der Waals surface area contributed by atoms with Gasteiger partial charge in [0.05, 0.1) is 7.11 Å². The predicted molar refractivity (Wildman–Crippen MR) is 87.0 cm³/mol. The molecule has 0 radical (unpaired) electrons. The second-order valence-electron chi connectivity index (χ2n) is 3.75. The van der Waals surface area contributed by atoms with Crippen LogP contribution in [0.2, 0.25) is 0 Å². The monoisotopic (exact) mass is 341 g/mol. The molecule has 134 valence electrons. The van der Waals surface area contributed by atoms with E-state index in [4.69, 9.17) is 9.62 Å². The number of imide groups is 1. The highest BCUT2D eigenvalue weighted by molar-refractivity contribution is 6.01. The van der Waals surface area contributed by atoms with Crippen molar-refractivity contribution >= 4 is 18.0 Å². The molecular formula is C16H23NO7. The third-order valence-corrected chi connectivity index (χ3v) is 2.38. The second-order valence-corrected chi connectivity index (χ2v) is 3.75. The van der Waals surface area contributed by atoms with Crippen LogP contribution in [-0.4, -0.2) is 30.1 Å². The first-order valence-corrected chi connectivity index (χ1v) is 6.16. The lowest BCUT2D eigenvalue weighted by Crippen LogP contribution is -2.33. The molecule has 1 heterocycles. The Bertz CT molecular complexity index is 526. The molecule has 0 bridgehead atoms. The fraction of sp³-hybridized carbons (Fsp3) is 0.312. The Hall–Kier alpha value is -2.87. The third kappa shape index (κ3) is 6.49. The summed E-state index contributed by atoms with van der Waals surface area (Å²) in [6.07, 6.45) is -1.13. The average Bonchev–Trinajstić information content (AvgIpc) is 2.83. The molecule has 24 heavy (non-hydrogen) atoms. The molecule has 0 saturated carbocycles. The zero-order valence-electron chi connectivity index (χ0n) is 11.9. The molecule has 0 atom stereocenters. The Kier molecular flexibility index (Phi) is 11.4. The first-order valence-electron chi connectivity index (χ1n) is 6.16. The van der Waals surface area contributed by atoms with E-state index in [0.717, 1.165) is 0 Å². The van der Waals surface area contributed by atoms with Gasteiger partial charge in [-0.25, -0.2) is 4.79 Å². The van der Waals surface area contributed by atoms with E-state index in [-0.39, 0.29) is 33.4 Å². The lowest BCUT2D eigenvalue weighted by Gasteiger charge is -2.12. The molecule has 8 heteroatoms. The lowest BCUT2D eigenvalue weighted by molar-refractivity contribution is -0.178. The van der Waals surface area contributed by atoms with Crippen molar-refractivity contribution < 1.29 is 33.7 Å². The van der Waals surface area contributed by atoms with E-state index in [1.54, 1.807) is 0 Å². The molecule has 1 fully saturated rings. The highest BCUT2D eigenvalue weighted by Crippen LogP contribution is 2.19. The Morgan fingerprint density at radius 3 is 1.92 bits per heavy atom. The highest BCUT2D eigenvalue weighted by Gasteiger charge is 2.33. The van der Waals surface area contributed by atoms with Gasteiger partial charge in [0, 0.05) is 12.8 Å². The van der Waals surface area contributed by atoms with Crippen molar-refractivity contribution in [1.82, 2.24) is 5.06 Å². The fourth-order valence-corrected chi connectivity index (χ4v) is 1.51. The highest BCUT2D eigenvalue weighted by atomic mass is 17.2. The summed E-state index contributed by atoms with van der Waals surface area (Å²) >= 11 is 0. The van der Waals surface area contributed by atoms with Gasteiger partial charge in [0.2, 0.25) is 0 Å². The van der Waals surface area contributed by atoms with Crippen LogP contribution in [0.1, 0.15) is 27.7 Å². The van der Waals surface area contributed by atoms with E-state index in [9.17, 15) is 14.4 Å². The van der Waals surface area contributed by atoms with Crippen molar-refractivity contribution in [2.24, 2.45) is 0 Å². The standard InChI is InChI=1S/C12H11NO7.C2H4.2CH4/c1-17-20-9-4-2-8(3-5-9)18-12(16)19-13-10(14)6-7-11(13)15;1-2;;/h2-5H,6-7H2,1H3;1-2H2;2*1H4. The molecule has 1 saturated heterocycles. The van der Waals surface area contributed by atoms with Crippen LogP contribution in [0.3, 0.4) is 0 Å². The summed E-state index contributed by atoms with van der Waals surface area (Å²) in [5.74, 6) is -0.567. The molecule has 1 aromatic rings. The van der Waals surface area contributed by atoms with Gasteiger partial charge in [0.15, 0.2) is 5.75 Å². The van der Waals surface area contributed by atoms with E-state index in [2.05, 4.69) is 22.9 Å². The van der Waals surface area contributed by atoms with E-state index < -0.39 is 18.0 Å². The molecule has 0 aliphatic carbocycles. The number of hydrogen-bond acceptors (Lipinski definition) is 7. The number of rotatable bonds is 4. The van der Waals surface area contributed by atoms with Gasteiger partial charge in [-0.15, -0.1) is 13.2 Å². The van der Waals surface area contributed by atoms with Crippen LogP contribution < -0.4 is 9.62 Å². The quantitative estimate of drug-likeness (QED) is 0.207. The number of carbonyl (C=O) groups is 3. The number of nitrogens with zero attached hydrogens (tertiary/aromatic N) is 1. The molecule has 2 rings (SSSR count). The molecule has 1 aliphatic heterocycles. The van der Waals surface area contributed by atoms with E-state index in [1.807, 2.05) is 0 Å². The Balaban J connectivity index is 0. The molecule has 1 aromatic carbocycles. The van der Waals surface area contributed by atoms with Gasteiger partial charge in [-0.1, -0.05) is 19.9 Å². The molecule has 0 aromatic heterocycles. The fourth-order valence-electron chi connectivity index (χ4n) is 1.51. The smallest absolute Gasteiger partial charge is 0.393 e. The maximum absolute atomic E-state index is 11.4. The van der Waals surface area contributed by atoms with Crippen LogP contribution in [0.5, 0.6) is 11.5 Å². The number of carbonyl (C=O) groups excluding carboxylic acids is 3. The largest absolute Gasteiger partial charge is 0.539 e. The summed E-state index contributed by atoms with van der Waals surface area (Å²) in [7, 11) is 1.35. The van der Waals surface area contributed by atoms with Crippen LogP contribution in [0.4, 0.5) is 4.79 Å². The maximum Gasteiger partial charge on any atom is 0.539 e. The second kappa shape index (κ2) is 11.7. The van der Waals surface area contributed by atoms with Crippen molar-refractivity contribution in [3.05, 3.63) is 37.4 Å². The van der Waals surface area contributed by atoms with E-state index in [0.29, 0.717) is 10.8 Å². The van der Waals surface area contributed by atoms with Crippen LogP contribution >= 0.6 is 0 Å². The summed E-state index contributed by atoms with van der Waals surface area (Å²) in [5.41, 5.74) is 0. The zero-order chi connectivity index (χ0) is 16.5. The lowest BCUT2D eigenvalue weighted by atomic mass is 10.3. The van der Waals surface area contributed by atoms with Gasteiger partial charge in [-0.3, -0.25) is 14.4 Å².